The van der Waals surface area contributed by atoms with Crippen LogP contribution in [-0.4, -0.2) is 168 Å². The van der Waals surface area contributed by atoms with Crippen LogP contribution >= 0.6 is 0 Å². The number of guanidine groups is 1. The number of nitrogens with zero attached hydrogens (tertiary/aromatic N) is 2. The number of nitrogens with one attached hydrogen (secondary N) is 7. The Morgan fingerprint density at radius 1 is 0.593 bits per heavy atom. The molecule has 0 saturated carbocycles. The van der Waals surface area contributed by atoms with E-state index in [-0.39, 0.29) is 87.7 Å². The van der Waals surface area contributed by atoms with E-state index in [0.717, 1.165) is 21.4 Å². The summed E-state index contributed by atoms with van der Waals surface area (Å²) in [6.45, 7) is -2.03. The highest BCUT2D eigenvalue weighted by molar-refractivity contribution is 5.98. The lowest BCUT2D eigenvalue weighted by Crippen LogP contribution is -2.61. The number of carbonyl (C=O) groups excluding carboxylic acids is 7. The van der Waals surface area contributed by atoms with E-state index in [1.54, 1.807) is 6.20 Å². The Morgan fingerprint density at radius 2 is 1.06 bits per heavy atom. The number of aliphatic carboxylic acids is 1. The van der Waals surface area contributed by atoms with Crippen molar-refractivity contribution in [1.29, 1.82) is 0 Å². The molecule has 2 heterocycles. The van der Waals surface area contributed by atoms with E-state index in [1.165, 1.54) is 72.8 Å². The van der Waals surface area contributed by atoms with Gasteiger partial charge in [-0.1, -0.05) is 54.6 Å². The molecule has 4 aromatic carbocycles. The molecule has 7 amide bonds. The number of rotatable bonds is 28. The molecular formula is C55H68N12O14. The van der Waals surface area contributed by atoms with Crippen LogP contribution in [0.25, 0.3) is 10.9 Å². The lowest BCUT2D eigenvalue weighted by atomic mass is 10.0. The monoisotopic (exact) mass is 1120 g/mol. The number of nitrogens with two attached hydrogens (primary N) is 3. The van der Waals surface area contributed by atoms with Crippen molar-refractivity contribution in [3.05, 3.63) is 126 Å². The van der Waals surface area contributed by atoms with Crippen molar-refractivity contribution in [2.75, 3.05) is 26.3 Å². The van der Waals surface area contributed by atoms with Gasteiger partial charge in [0.15, 0.2) is 5.96 Å². The molecule has 1 aliphatic rings. The van der Waals surface area contributed by atoms with Crippen molar-refractivity contribution >= 4 is 64.2 Å². The number of phenolic OH excluding ortho intramolecular Hbond substituents is 3. The number of benzene rings is 4. The van der Waals surface area contributed by atoms with Crippen LogP contribution in [0.2, 0.25) is 0 Å². The summed E-state index contributed by atoms with van der Waals surface area (Å²) in [5.74, 6) is -8.24. The van der Waals surface area contributed by atoms with E-state index in [0.29, 0.717) is 16.7 Å². The Kier molecular flexibility index (Phi) is 21.9. The first kappa shape index (κ1) is 61.0. The maximum atomic E-state index is 14.3. The third-order valence-electron chi connectivity index (χ3n) is 13.5. The van der Waals surface area contributed by atoms with Crippen molar-refractivity contribution in [2.45, 2.75) is 99.7 Å². The number of aromatic hydroxyl groups is 3. The number of H-pyrrole nitrogens is 1. The zero-order chi connectivity index (χ0) is 58.8. The molecule has 0 spiro atoms. The number of amides is 7. The molecule has 1 aromatic heterocycles. The van der Waals surface area contributed by atoms with Crippen LogP contribution in [0.5, 0.6) is 17.2 Å². The summed E-state index contributed by atoms with van der Waals surface area (Å²) in [6.07, 6.45) is 1.52. The number of aromatic nitrogens is 1. The Balaban J connectivity index is 1.14. The van der Waals surface area contributed by atoms with E-state index < -0.39 is 109 Å². The molecule has 1 saturated heterocycles. The van der Waals surface area contributed by atoms with Crippen molar-refractivity contribution < 1.29 is 69.0 Å². The first-order chi connectivity index (χ1) is 38.7. The predicted molar refractivity (Wildman–Crippen MR) is 293 cm³/mol. The molecule has 26 heteroatoms. The van der Waals surface area contributed by atoms with Gasteiger partial charge in [-0.2, -0.15) is 0 Å². The number of carbonyl (C=O) groups is 8. The molecular weight excluding hydrogens is 1050 g/mol. The van der Waals surface area contributed by atoms with Gasteiger partial charge in [0.1, 0.15) is 59.5 Å². The number of aliphatic imine (C=N–C) groups is 1. The third-order valence-corrected chi connectivity index (χ3v) is 13.5. The van der Waals surface area contributed by atoms with Crippen molar-refractivity contribution in [3.8, 4) is 17.2 Å². The highest BCUT2D eigenvalue weighted by Gasteiger charge is 2.40. The van der Waals surface area contributed by atoms with Crippen LogP contribution in [0.4, 0.5) is 0 Å². The van der Waals surface area contributed by atoms with Gasteiger partial charge in [0.2, 0.25) is 41.4 Å². The molecule has 5 aromatic rings. The van der Waals surface area contributed by atoms with E-state index in [1.807, 2.05) is 24.3 Å². The van der Waals surface area contributed by atoms with Gasteiger partial charge in [-0.15, -0.1) is 0 Å². The minimum atomic E-state index is -1.73. The van der Waals surface area contributed by atoms with Gasteiger partial charge in [0, 0.05) is 49.5 Å². The Bertz CT molecular complexity index is 3020. The van der Waals surface area contributed by atoms with Crippen LogP contribution in [0.1, 0.15) is 47.9 Å². The second-order valence-electron chi connectivity index (χ2n) is 19.5. The number of para-hydroxylation sites is 1. The fourth-order valence-corrected chi connectivity index (χ4v) is 9.14. The summed E-state index contributed by atoms with van der Waals surface area (Å²) in [5, 5.41) is 76.3. The molecule has 0 aliphatic carbocycles. The van der Waals surface area contributed by atoms with E-state index >= 15 is 0 Å². The second-order valence-corrected chi connectivity index (χ2v) is 19.5. The fraction of sp³-hybridized carbons (Fsp3) is 0.364. The zero-order valence-electron chi connectivity index (χ0n) is 44.0. The number of hydrogen-bond acceptors (Lipinski definition) is 15. The molecule has 6 rings (SSSR count). The van der Waals surface area contributed by atoms with Gasteiger partial charge < -0.3 is 89.6 Å². The summed E-state index contributed by atoms with van der Waals surface area (Å²) >= 11 is 0. The molecule has 432 valence electrons. The first-order valence-corrected chi connectivity index (χ1v) is 26.0. The van der Waals surface area contributed by atoms with Gasteiger partial charge in [-0.25, -0.2) is 4.79 Å². The normalized spacial score (nSPS) is 15.6. The standard InChI is InChI=1S/C55H68N12O14/c56-38(26-33-27-60-39-6-2-1-5-37(33)39)47(73)62-41(23-30-9-15-34(70)16-10-30)49(75)61-40(7-3-21-59-55(57)58)48(74)66-45(29-69)53(79)67-22-4-8-46(67)52(78)65-44(28-68)51(77)63-42(24-31-11-17-35(71)18-12-31)50(76)64-43(54(80)81)25-32-13-19-36(72)20-14-32/h1-2,5-6,9-20,27,38,40-46,60,68-72H,3-4,7-8,21-26,28-29,56H2,(H,61,75)(H,62,73)(H,63,77)(H,64,76)(H,65,78)(H,66,74)(H,80,81)(H4,57,58,59)/t38-,40-,41-,42-,43-,44-,45-,46-/m0/s1. The molecule has 0 radical (unpaired) electrons. The highest BCUT2D eigenvalue weighted by Crippen LogP contribution is 2.22. The molecule has 26 nitrogen and oxygen atoms in total. The summed E-state index contributed by atoms with van der Waals surface area (Å²) in [6, 6.07) is 12.8. The van der Waals surface area contributed by atoms with Crippen LogP contribution in [0.15, 0.2) is 108 Å². The van der Waals surface area contributed by atoms with Crippen LogP contribution < -0.4 is 49.1 Å². The minimum absolute atomic E-state index is 0.0116. The maximum Gasteiger partial charge on any atom is 0.326 e. The Labute approximate surface area is 464 Å². The average molecular weight is 1120 g/mol. The number of aliphatic hydroxyl groups excluding tert-OH is 2. The summed E-state index contributed by atoms with van der Waals surface area (Å²) < 4.78 is 0. The van der Waals surface area contributed by atoms with E-state index in [4.69, 9.17) is 17.2 Å². The third kappa shape index (κ3) is 17.6. The van der Waals surface area contributed by atoms with Gasteiger partial charge in [0.25, 0.3) is 0 Å². The quantitative estimate of drug-likeness (QED) is 0.0145. The number of fused-ring (bicyclic) bond motifs is 1. The lowest BCUT2D eigenvalue weighted by Gasteiger charge is -2.30. The molecule has 1 fully saturated rings. The molecule has 1 aliphatic heterocycles. The highest BCUT2D eigenvalue weighted by atomic mass is 16.4. The van der Waals surface area contributed by atoms with Gasteiger partial charge >= 0.3 is 5.97 Å². The SMILES string of the molecule is NC(N)=NCCC[C@H](NC(=O)[C@H](Cc1ccc(O)cc1)NC(=O)[C@@H](N)Cc1c[nH]c2ccccc12)C(=O)N[C@@H](CO)C(=O)N1CCC[C@H]1C(=O)N[C@@H](CO)C(=O)N[C@@H](Cc1ccc(O)cc1)C(=O)N[C@@H](Cc1ccc(O)cc1)C(=O)O. The summed E-state index contributed by atoms with van der Waals surface area (Å²) in [7, 11) is 0. The van der Waals surface area contributed by atoms with Crippen molar-refractivity contribution in [1.82, 2.24) is 41.8 Å². The molecule has 81 heavy (non-hydrogen) atoms. The lowest BCUT2D eigenvalue weighted by molar-refractivity contribution is -0.143. The molecule has 0 unspecified atom stereocenters. The van der Waals surface area contributed by atoms with Gasteiger partial charge in [-0.05, 0) is 96.8 Å². The predicted octanol–water partition coefficient (Wildman–Crippen LogP) is -2.09. The smallest absolute Gasteiger partial charge is 0.326 e. The number of aromatic amines is 1. The van der Waals surface area contributed by atoms with Crippen LogP contribution in [0, 0.1) is 0 Å². The number of hydrogen-bond donors (Lipinski definition) is 16. The van der Waals surface area contributed by atoms with Crippen molar-refractivity contribution in [2.24, 2.45) is 22.2 Å². The molecule has 19 N–H and O–H groups in total. The Morgan fingerprint density at radius 3 is 1.59 bits per heavy atom. The number of carboxylic acid groups (broad SMARTS) is 1. The number of phenols is 3. The number of likely N-dealkylation sites (tertiary alicyclic amines) is 1. The summed E-state index contributed by atoms with van der Waals surface area (Å²) in [5.41, 5.74) is 20.4. The number of carboxylic acids is 1. The molecule has 8 atom stereocenters. The molecule has 0 bridgehead atoms. The first-order valence-electron chi connectivity index (χ1n) is 26.0. The largest absolute Gasteiger partial charge is 0.508 e. The topological polar surface area (TPSA) is 440 Å². The Hall–Kier alpha value is -9.27. The van der Waals surface area contributed by atoms with Crippen LogP contribution in [-0.2, 0) is 64.0 Å². The minimum Gasteiger partial charge on any atom is -0.508 e. The maximum absolute atomic E-state index is 14.3. The van der Waals surface area contributed by atoms with Crippen molar-refractivity contribution in [3.63, 3.8) is 0 Å². The number of aliphatic hydroxyl groups is 2. The van der Waals surface area contributed by atoms with E-state index in [9.17, 15) is 69.0 Å². The fourth-order valence-electron chi connectivity index (χ4n) is 9.14. The average Bonchev–Trinajstić information content (AvgIpc) is 4.16. The van der Waals surface area contributed by atoms with Gasteiger partial charge in [-0.3, -0.25) is 38.6 Å². The van der Waals surface area contributed by atoms with Gasteiger partial charge in [0.05, 0.1) is 19.3 Å². The second kappa shape index (κ2) is 29.1. The van der Waals surface area contributed by atoms with Crippen LogP contribution in [0.3, 0.4) is 0 Å². The van der Waals surface area contributed by atoms with E-state index in [2.05, 4.69) is 41.9 Å². The summed E-state index contributed by atoms with van der Waals surface area (Å²) in [4.78, 5) is 118. The zero-order valence-corrected chi connectivity index (χ0v) is 44.0.